The molecule has 0 atom stereocenters. The molecule has 1 aliphatic rings. The lowest BCUT2D eigenvalue weighted by Crippen LogP contribution is -2.18. The van der Waals surface area contributed by atoms with E-state index >= 15 is 0 Å². The third-order valence-electron chi connectivity index (χ3n) is 4.38. The molecule has 0 fully saturated rings. The normalized spacial score (nSPS) is 14.4. The lowest BCUT2D eigenvalue weighted by Gasteiger charge is -2.21. The molecule has 0 heterocycles. The van der Waals surface area contributed by atoms with Gasteiger partial charge in [-0.1, -0.05) is 12.8 Å². The molecule has 0 radical (unpaired) electrons. The fourth-order valence-corrected chi connectivity index (χ4v) is 3.27. The molecule has 0 spiro atoms. The number of rotatable bonds is 4. The smallest absolute Gasteiger partial charge is 0.338 e. The largest absolute Gasteiger partial charge is 0.462 e. The van der Waals surface area contributed by atoms with E-state index in [4.69, 9.17) is 9.47 Å². The Balaban J connectivity index is 2.58. The first-order chi connectivity index (χ1) is 11.1. The Hall–Kier alpha value is -1.84. The van der Waals surface area contributed by atoms with E-state index in [0.29, 0.717) is 29.9 Å². The third kappa shape index (κ3) is 3.92. The highest BCUT2D eigenvalue weighted by atomic mass is 16.5. The molecule has 1 aromatic rings. The van der Waals surface area contributed by atoms with Gasteiger partial charge in [0.2, 0.25) is 0 Å². The molecule has 0 amide bonds. The Bertz CT molecular complexity index is 590. The van der Waals surface area contributed by atoms with Gasteiger partial charge in [0.1, 0.15) is 0 Å². The van der Waals surface area contributed by atoms with Gasteiger partial charge in [0.25, 0.3) is 0 Å². The van der Waals surface area contributed by atoms with Crippen LogP contribution in [-0.2, 0) is 22.3 Å². The minimum absolute atomic E-state index is 0.324. The van der Waals surface area contributed by atoms with Crippen LogP contribution in [-0.4, -0.2) is 25.2 Å². The van der Waals surface area contributed by atoms with Gasteiger partial charge in [-0.15, -0.1) is 0 Å². The summed E-state index contributed by atoms with van der Waals surface area (Å²) in [5.41, 5.74) is 3.92. The van der Waals surface area contributed by atoms with E-state index in [-0.39, 0.29) is 11.9 Å². The highest BCUT2D eigenvalue weighted by Crippen LogP contribution is 2.29. The Morgan fingerprint density at radius 1 is 0.957 bits per heavy atom. The van der Waals surface area contributed by atoms with Crippen LogP contribution < -0.4 is 0 Å². The van der Waals surface area contributed by atoms with Crippen molar-refractivity contribution in [3.63, 3.8) is 0 Å². The molecular formula is C19H26O4. The van der Waals surface area contributed by atoms with E-state index in [9.17, 15) is 9.59 Å². The number of hydrogen-bond acceptors (Lipinski definition) is 4. The average molecular weight is 318 g/mol. The van der Waals surface area contributed by atoms with E-state index < -0.39 is 0 Å². The van der Waals surface area contributed by atoms with Crippen LogP contribution in [0.4, 0.5) is 0 Å². The summed E-state index contributed by atoms with van der Waals surface area (Å²) >= 11 is 0. The fourth-order valence-electron chi connectivity index (χ4n) is 3.27. The molecule has 0 N–H and O–H groups in total. The summed E-state index contributed by atoms with van der Waals surface area (Å²) in [5.74, 6) is -0.687. The highest BCUT2D eigenvalue weighted by molar-refractivity contribution is 5.99. The first kappa shape index (κ1) is 17.5. The van der Waals surface area contributed by atoms with Crippen molar-refractivity contribution in [2.45, 2.75) is 59.3 Å². The van der Waals surface area contributed by atoms with Crippen molar-refractivity contribution < 1.29 is 19.1 Å². The van der Waals surface area contributed by atoms with Gasteiger partial charge < -0.3 is 9.47 Å². The second-order valence-corrected chi connectivity index (χ2v) is 5.92. The number of carbonyl (C=O) groups excluding carboxylic acids is 2. The number of benzene rings is 1. The lowest BCUT2D eigenvalue weighted by atomic mass is 9.85. The van der Waals surface area contributed by atoms with Crippen LogP contribution in [0.3, 0.4) is 0 Å². The summed E-state index contributed by atoms with van der Waals surface area (Å²) in [5, 5.41) is 0. The zero-order chi connectivity index (χ0) is 16.8. The number of carbonyl (C=O) groups is 2. The predicted molar refractivity (Wildman–Crippen MR) is 89.0 cm³/mol. The molecule has 1 aromatic carbocycles. The lowest BCUT2D eigenvalue weighted by molar-refractivity contribution is 0.0522. The molecular weight excluding hydrogens is 292 g/mol. The van der Waals surface area contributed by atoms with Gasteiger partial charge in [0.05, 0.1) is 24.3 Å². The molecule has 4 nitrogen and oxygen atoms in total. The minimum Gasteiger partial charge on any atom is -0.462 e. The van der Waals surface area contributed by atoms with E-state index in [1.165, 1.54) is 12.8 Å². The van der Waals surface area contributed by atoms with Crippen LogP contribution in [0.2, 0.25) is 0 Å². The van der Waals surface area contributed by atoms with Gasteiger partial charge in [-0.05, 0) is 69.2 Å². The van der Waals surface area contributed by atoms with Crippen molar-refractivity contribution in [2.75, 3.05) is 13.2 Å². The molecule has 0 saturated carbocycles. The topological polar surface area (TPSA) is 52.6 Å². The number of fused-ring (bicyclic) bond motifs is 1. The molecule has 2 rings (SSSR count). The first-order valence-electron chi connectivity index (χ1n) is 8.59. The zero-order valence-corrected chi connectivity index (χ0v) is 14.4. The maximum atomic E-state index is 12.5. The van der Waals surface area contributed by atoms with Crippen molar-refractivity contribution in [2.24, 2.45) is 0 Å². The van der Waals surface area contributed by atoms with E-state index in [1.54, 1.807) is 13.8 Å². The third-order valence-corrected chi connectivity index (χ3v) is 4.38. The molecule has 0 bridgehead atoms. The van der Waals surface area contributed by atoms with Crippen LogP contribution in [0.1, 0.15) is 76.9 Å². The van der Waals surface area contributed by atoms with Crippen molar-refractivity contribution in [3.8, 4) is 0 Å². The second-order valence-electron chi connectivity index (χ2n) is 5.92. The molecule has 4 heteroatoms. The van der Waals surface area contributed by atoms with Crippen molar-refractivity contribution in [1.82, 2.24) is 0 Å². The Labute approximate surface area is 138 Å². The Kier molecular flexibility index (Phi) is 6.20. The minimum atomic E-state index is -0.361. The molecule has 0 unspecified atom stereocenters. The Morgan fingerprint density at radius 2 is 1.57 bits per heavy atom. The maximum Gasteiger partial charge on any atom is 0.338 e. The summed E-state index contributed by atoms with van der Waals surface area (Å²) < 4.78 is 10.4. The summed E-state index contributed by atoms with van der Waals surface area (Å²) in [6.45, 7) is 6.05. The van der Waals surface area contributed by atoms with Crippen LogP contribution in [0.15, 0.2) is 6.07 Å². The molecule has 1 aliphatic carbocycles. The van der Waals surface area contributed by atoms with E-state index in [1.807, 2.05) is 13.0 Å². The Morgan fingerprint density at radius 3 is 2.22 bits per heavy atom. The summed E-state index contributed by atoms with van der Waals surface area (Å²) in [6, 6.07) is 1.93. The predicted octanol–water partition coefficient (Wildman–Crippen LogP) is 4.01. The standard InChI is InChI=1S/C19H26O4/c1-4-22-18(20)16-12-14-10-8-6-7-9-11-15(14)17(13(16)3)19(21)23-5-2/h12H,4-11H2,1-3H3. The number of ether oxygens (including phenoxy) is 2. The van der Waals surface area contributed by atoms with Gasteiger partial charge in [-0.2, -0.15) is 0 Å². The first-order valence-corrected chi connectivity index (χ1v) is 8.59. The summed E-state index contributed by atoms with van der Waals surface area (Å²) in [6.07, 6.45) is 6.29. The quantitative estimate of drug-likeness (QED) is 0.787. The average Bonchev–Trinajstić information content (AvgIpc) is 2.49. The number of aryl methyl sites for hydroxylation is 1. The van der Waals surface area contributed by atoms with Crippen LogP contribution in [0, 0.1) is 6.92 Å². The van der Waals surface area contributed by atoms with Gasteiger partial charge in [0.15, 0.2) is 0 Å². The van der Waals surface area contributed by atoms with Gasteiger partial charge in [0, 0.05) is 0 Å². The fraction of sp³-hybridized carbons (Fsp3) is 0.579. The van der Waals surface area contributed by atoms with E-state index in [0.717, 1.165) is 36.8 Å². The number of esters is 2. The summed E-state index contributed by atoms with van der Waals surface area (Å²) in [7, 11) is 0. The van der Waals surface area contributed by atoms with Crippen LogP contribution >= 0.6 is 0 Å². The molecule has 0 saturated heterocycles. The van der Waals surface area contributed by atoms with Crippen LogP contribution in [0.5, 0.6) is 0 Å². The SMILES string of the molecule is CCOC(=O)c1cc2c(c(C(=O)OCC)c1C)CCCCCC2. The van der Waals surface area contributed by atoms with Gasteiger partial charge in [-0.3, -0.25) is 0 Å². The van der Waals surface area contributed by atoms with Crippen molar-refractivity contribution in [3.05, 3.63) is 33.9 Å². The van der Waals surface area contributed by atoms with Crippen LogP contribution in [0.25, 0.3) is 0 Å². The van der Waals surface area contributed by atoms with Crippen molar-refractivity contribution >= 4 is 11.9 Å². The highest BCUT2D eigenvalue weighted by Gasteiger charge is 2.25. The molecule has 0 aromatic heterocycles. The van der Waals surface area contributed by atoms with Gasteiger partial charge in [-0.25, -0.2) is 9.59 Å². The van der Waals surface area contributed by atoms with Crippen molar-refractivity contribution in [1.29, 1.82) is 0 Å². The maximum absolute atomic E-state index is 12.5. The number of hydrogen-bond donors (Lipinski definition) is 0. The second kappa shape index (κ2) is 8.14. The summed E-state index contributed by atoms with van der Waals surface area (Å²) in [4.78, 5) is 24.8. The monoisotopic (exact) mass is 318 g/mol. The molecule has 0 aliphatic heterocycles. The van der Waals surface area contributed by atoms with E-state index in [2.05, 4.69) is 0 Å². The zero-order valence-electron chi connectivity index (χ0n) is 14.4. The van der Waals surface area contributed by atoms with Gasteiger partial charge >= 0.3 is 11.9 Å². The molecule has 23 heavy (non-hydrogen) atoms. The molecule has 126 valence electrons.